The van der Waals surface area contributed by atoms with E-state index in [1.165, 1.54) is 10.5 Å². The molecule has 2 aromatic carbocycles. The molecule has 4 rings (SSSR count). The number of imide groups is 1. The Bertz CT molecular complexity index is 1010. The van der Waals surface area contributed by atoms with E-state index in [0.717, 1.165) is 23.7 Å². The standard InChI is InChI=1S/C24H27BrN4O3/c1-28(12-5-8-18-15-21(27-26-18)16-6-3-2-4-7-16)22(30)11-13-29-23(31)19-10-9-17(25)14-20(19)24(29)32/h2-4,6-7,9-10,14,18,21,26-27H,5,8,11-13,15H2,1H3. The number of carbonyl (C=O) groups is 3. The zero-order chi connectivity index (χ0) is 22.7. The average Bonchev–Trinajstić information content (AvgIpc) is 3.36. The van der Waals surface area contributed by atoms with Crippen LogP contribution < -0.4 is 10.9 Å². The Kier molecular flexibility index (Phi) is 7.03. The zero-order valence-corrected chi connectivity index (χ0v) is 19.6. The van der Waals surface area contributed by atoms with E-state index in [2.05, 4.69) is 38.9 Å². The van der Waals surface area contributed by atoms with Gasteiger partial charge in [-0.05, 0) is 43.0 Å². The number of hydrazine groups is 1. The largest absolute Gasteiger partial charge is 0.346 e. The highest BCUT2D eigenvalue weighted by molar-refractivity contribution is 9.10. The van der Waals surface area contributed by atoms with Crippen molar-refractivity contribution in [2.45, 2.75) is 37.8 Å². The van der Waals surface area contributed by atoms with Gasteiger partial charge in [0, 0.05) is 43.1 Å². The van der Waals surface area contributed by atoms with Crippen LogP contribution in [0.4, 0.5) is 0 Å². The van der Waals surface area contributed by atoms with Crippen LogP contribution in [0.1, 0.15) is 58.0 Å². The first-order chi connectivity index (χ1) is 15.4. The highest BCUT2D eigenvalue weighted by Gasteiger charge is 2.35. The van der Waals surface area contributed by atoms with Crippen LogP contribution >= 0.6 is 15.9 Å². The van der Waals surface area contributed by atoms with E-state index >= 15 is 0 Å². The van der Waals surface area contributed by atoms with Crippen LogP contribution in [0.25, 0.3) is 0 Å². The van der Waals surface area contributed by atoms with Crippen molar-refractivity contribution in [1.82, 2.24) is 20.7 Å². The monoisotopic (exact) mass is 498 g/mol. The third-order valence-electron chi connectivity index (χ3n) is 6.14. The zero-order valence-electron chi connectivity index (χ0n) is 18.0. The fourth-order valence-electron chi connectivity index (χ4n) is 4.28. The van der Waals surface area contributed by atoms with Crippen LogP contribution in [0.15, 0.2) is 53.0 Å². The van der Waals surface area contributed by atoms with E-state index in [1.54, 1.807) is 30.1 Å². The summed E-state index contributed by atoms with van der Waals surface area (Å²) >= 11 is 3.33. The summed E-state index contributed by atoms with van der Waals surface area (Å²) in [6.07, 6.45) is 2.98. The molecule has 0 aliphatic carbocycles. The highest BCUT2D eigenvalue weighted by atomic mass is 79.9. The summed E-state index contributed by atoms with van der Waals surface area (Å²) < 4.78 is 0.747. The lowest BCUT2D eigenvalue weighted by atomic mass is 10.00. The summed E-state index contributed by atoms with van der Waals surface area (Å²) in [5.74, 6) is -0.738. The predicted molar refractivity (Wildman–Crippen MR) is 125 cm³/mol. The maximum Gasteiger partial charge on any atom is 0.261 e. The molecule has 0 bridgehead atoms. The fraction of sp³-hybridized carbons (Fsp3) is 0.375. The lowest BCUT2D eigenvalue weighted by molar-refractivity contribution is -0.130. The topological polar surface area (TPSA) is 81.8 Å². The number of nitrogens with one attached hydrogen (secondary N) is 2. The minimum absolute atomic E-state index is 0.0672. The van der Waals surface area contributed by atoms with Gasteiger partial charge in [0.15, 0.2) is 0 Å². The Labute approximate surface area is 196 Å². The maximum atomic E-state index is 12.5. The number of hydrogen-bond donors (Lipinski definition) is 2. The molecule has 3 amide bonds. The smallest absolute Gasteiger partial charge is 0.261 e. The molecular weight excluding hydrogens is 472 g/mol. The van der Waals surface area contributed by atoms with Crippen molar-refractivity contribution in [3.8, 4) is 0 Å². The van der Waals surface area contributed by atoms with E-state index in [9.17, 15) is 14.4 Å². The van der Waals surface area contributed by atoms with E-state index < -0.39 is 0 Å². The number of carbonyl (C=O) groups excluding carboxylic acids is 3. The number of hydrogen-bond acceptors (Lipinski definition) is 5. The summed E-state index contributed by atoms with van der Waals surface area (Å²) in [4.78, 5) is 40.4. The molecule has 2 aliphatic heterocycles. The molecule has 2 unspecified atom stereocenters. The molecule has 2 aliphatic rings. The molecule has 2 heterocycles. The minimum atomic E-state index is -0.338. The Balaban J connectivity index is 1.19. The van der Waals surface area contributed by atoms with E-state index in [0.29, 0.717) is 29.8 Å². The summed E-state index contributed by atoms with van der Waals surface area (Å²) in [6, 6.07) is 16.1. The number of fused-ring (bicyclic) bond motifs is 1. The Morgan fingerprint density at radius 1 is 1.09 bits per heavy atom. The minimum Gasteiger partial charge on any atom is -0.346 e. The molecule has 32 heavy (non-hydrogen) atoms. The molecule has 0 spiro atoms. The van der Waals surface area contributed by atoms with E-state index in [4.69, 9.17) is 0 Å². The molecule has 2 aromatic rings. The van der Waals surface area contributed by atoms with Gasteiger partial charge in [-0.1, -0.05) is 46.3 Å². The summed E-state index contributed by atoms with van der Waals surface area (Å²) in [5.41, 5.74) is 8.76. The molecular formula is C24H27BrN4O3. The number of benzene rings is 2. The molecule has 0 saturated carbocycles. The molecule has 8 heteroatoms. The van der Waals surface area contributed by atoms with Crippen molar-refractivity contribution in [3.63, 3.8) is 0 Å². The normalized spacial score (nSPS) is 20.0. The van der Waals surface area contributed by atoms with Gasteiger partial charge in [0.25, 0.3) is 11.8 Å². The number of amides is 3. The van der Waals surface area contributed by atoms with Crippen LogP contribution in [-0.4, -0.2) is 53.7 Å². The SMILES string of the molecule is CN(CCCC1CC(c2ccccc2)NN1)C(=O)CCN1C(=O)c2ccc(Br)cc2C1=O. The molecule has 7 nitrogen and oxygen atoms in total. The van der Waals surface area contributed by atoms with Crippen LogP contribution in [0.5, 0.6) is 0 Å². The van der Waals surface area contributed by atoms with Crippen molar-refractivity contribution in [3.05, 3.63) is 69.7 Å². The highest BCUT2D eigenvalue weighted by Crippen LogP contribution is 2.26. The van der Waals surface area contributed by atoms with Gasteiger partial charge in [-0.25, -0.2) is 0 Å². The van der Waals surface area contributed by atoms with Gasteiger partial charge in [-0.15, -0.1) is 0 Å². The van der Waals surface area contributed by atoms with Gasteiger partial charge in [0.05, 0.1) is 11.1 Å². The van der Waals surface area contributed by atoms with Crippen molar-refractivity contribution in [1.29, 1.82) is 0 Å². The molecule has 2 atom stereocenters. The van der Waals surface area contributed by atoms with Crippen molar-refractivity contribution in [2.24, 2.45) is 0 Å². The first-order valence-electron chi connectivity index (χ1n) is 10.9. The second-order valence-corrected chi connectivity index (χ2v) is 9.26. The quantitative estimate of drug-likeness (QED) is 0.545. The van der Waals surface area contributed by atoms with Crippen molar-refractivity contribution < 1.29 is 14.4 Å². The van der Waals surface area contributed by atoms with Crippen LogP contribution in [-0.2, 0) is 4.79 Å². The van der Waals surface area contributed by atoms with Gasteiger partial charge in [-0.2, -0.15) is 0 Å². The number of halogens is 1. The van der Waals surface area contributed by atoms with Gasteiger partial charge in [0.1, 0.15) is 0 Å². The van der Waals surface area contributed by atoms with E-state index in [1.807, 2.05) is 18.2 Å². The van der Waals surface area contributed by atoms with E-state index in [-0.39, 0.29) is 30.7 Å². The molecule has 168 valence electrons. The third kappa shape index (κ3) is 4.92. The van der Waals surface area contributed by atoms with Crippen molar-refractivity contribution >= 4 is 33.7 Å². The van der Waals surface area contributed by atoms with Crippen LogP contribution in [0, 0.1) is 0 Å². The first kappa shape index (κ1) is 22.6. The Morgan fingerprint density at radius 3 is 2.62 bits per heavy atom. The summed E-state index contributed by atoms with van der Waals surface area (Å²) in [5, 5.41) is 0. The molecule has 1 saturated heterocycles. The maximum absolute atomic E-state index is 12.5. The molecule has 0 radical (unpaired) electrons. The van der Waals surface area contributed by atoms with Crippen LogP contribution in [0.3, 0.4) is 0 Å². The number of nitrogens with zero attached hydrogens (tertiary/aromatic N) is 2. The summed E-state index contributed by atoms with van der Waals surface area (Å²) in [7, 11) is 1.77. The lowest BCUT2D eigenvalue weighted by Crippen LogP contribution is -2.36. The van der Waals surface area contributed by atoms with Crippen molar-refractivity contribution in [2.75, 3.05) is 20.1 Å². The predicted octanol–water partition coefficient (Wildman–Crippen LogP) is 3.28. The lowest BCUT2D eigenvalue weighted by Gasteiger charge is -2.20. The number of rotatable bonds is 8. The second kappa shape index (κ2) is 9.94. The van der Waals surface area contributed by atoms with Crippen LogP contribution in [0.2, 0.25) is 0 Å². The van der Waals surface area contributed by atoms with Gasteiger partial charge < -0.3 is 4.90 Å². The van der Waals surface area contributed by atoms with Gasteiger partial charge in [-0.3, -0.25) is 30.1 Å². The first-order valence-corrected chi connectivity index (χ1v) is 11.7. The third-order valence-corrected chi connectivity index (χ3v) is 6.63. The average molecular weight is 499 g/mol. The Hall–Kier alpha value is -2.55. The second-order valence-electron chi connectivity index (χ2n) is 8.34. The molecule has 2 N–H and O–H groups in total. The van der Waals surface area contributed by atoms with Gasteiger partial charge >= 0.3 is 0 Å². The Morgan fingerprint density at radius 2 is 1.84 bits per heavy atom. The van der Waals surface area contributed by atoms with Gasteiger partial charge in [0.2, 0.25) is 5.91 Å². The fourth-order valence-corrected chi connectivity index (χ4v) is 4.64. The summed E-state index contributed by atoms with van der Waals surface area (Å²) in [6.45, 7) is 0.738. The molecule has 1 fully saturated rings. The molecule has 0 aromatic heterocycles.